The quantitative estimate of drug-likeness (QED) is 0.428. The van der Waals surface area contributed by atoms with Crippen LogP contribution < -0.4 is 16.9 Å². The molecule has 17 heavy (non-hydrogen) atoms. The predicted molar refractivity (Wildman–Crippen MR) is 65.9 cm³/mol. The number of carbonyl (C=O) groups excluding carboxylic acids is 2. The van der Waals surface area contributed by atoms with Crippen molar-refractivity contribution in [3.8, 4) is 0 Å². The summed E-state index contributed by atoms with van der Waals surface area (Å²) in [7, 11) is 0. The molecule has 1 aromatic carbocycles. The molecule has 0 bridgehead atoms. The van der Waals surface area contributed by atoms with Crippen LogP contribution in [0, 0.1) is 0 Å². The third kappa shape index (κ3) is 3.33. The Labute approximate surface area is 107 Å². The van der Waals surface area contributed by atoms with Gasteiger partial charge in [0.15, 0.2) is 0 Å². The summed E-state index contributed by atoms with van der Waals surface area (Å²) in [5.74, 6) is -2.08. The van der Waals surface area contributed by atoms with Crippen molar-refractivity contribution >= 4 is 46.4 Å². The number of anilines is 1. The van der Waals surface area contributed by atoms with Crippen LogP contribution in [0.5, 0.6) is 0 Å². The minimum atomic E-state index is -1.04. The average molecular weight is 275 g/mol. The molecule has 0 heterocycles. The molecule has 2 amide bonds. The highest BCUT2D eigenvalue weighted by Gasteiger charge is 2.14. The molecule has 6 nitrogen and oxygen atoms in total. The van der Waals surface area contributed by atoms with Crippen molar-refractivity contribution in [1.29, 1.82) is 0 Å². The van der Waals surface area contributed by atoms with E-state index in [0.717, 1.165) is 0 Å². The van der Waals surface area contributed by atoms with E-state index in [2.05, 4.69) is 10.5 Å². The zero-order valence-electron chi connectivity index (χ0n) is 8.41. The Morgan fingerprint density at radius 1 is 1.18 bits per heavy atom. The van der Waals surface area contributed by atoms with Gasteiger partial charge < -0.3 is 11.5 Å². The second-order valence-electron chi connectivity index (χ2n) is 2.90. The molecule has 0 saturated heterocycles. The van der Waals surface area contributed by atoms with Crippen LogP contribution in [0.25, 0.3) is 0 Å². The first kappa shape index (κ1) is 13.3. The molecule has 5 N–H and O–H groups in total. The van der Waals surface area contributed by atoms with Gasteiger partial charge in [0.1, 0.15) is 0 Å². The van der Waals surface area contributed by atoms with Gasteiger partial charge in [-0.3, -0.25) is 15.0 Å². The van der Waals surface area contributed by atoms with Gasteiger partial charge in [0.05, 0.1) is 15.7 Å². The van der Waals surface area contributed by atoms with Crippen LogP contribution in [0.3, 0.4) is 0 Å². The topological polar surface area (TPSA) is 111 Å². The van der Waals surface area contributed by atoms with E-state index in [4.69, 9.17) is 34.7 Å². The Hall–Kier alpha value is -1.79. The van der Waals surface area contributed by atoms with E-state index in [9.17, 15) is 9.59 Å². The van der Waals surface area contributed by atoms with Crippen LogP contribution in [0.2, 0.25) is 10.0 Å². The molecule has 90 valence electrons. The second-order valence-corrected chi connectivity index (χ2v) is 3.69. The Morgan fingerprint density at radius 3 is 2.29 bits per heavy atom. The Bertz CT molecular complexity index is 486. The van der Waals surface area contributed by atoms with Gasteiger partial charge in [-0.15, -0.1) is 0 Å². The first-order valence-electron chi connectivity index (χ1n) is 4.30. The van der Waals surface area contributed by atoms with Gasteiger partial charge in [0.2, 0.25) is 5.71 Å². The first-order valence-corrected chi connectivity index (χ1v) is 5.06. The van der Waals surface area contributed by atoms with Crippen molar-refractivity contribution in [3.05, 3.63) is 28.2 Å². The van der Waals surface area contributed by atoms with Crippen LogP contribution in [-0.2, 0) is 9.59 Å². The molecule has 0 atom stereocenters. The Kier molecular flexibility index (Phi) is 4.30. The molecule has 0 aliphatic heterocycles. The number of amides is 2. The summed E-state index contributed by atoms with van der Waals surface area (Å²) in [5, 5.41) is 3.97. The highest BCUT2D eigenvalue weighted by Crippen LogP contribution is 2.29. The van der Waals surface area contributed by atoms with Gasteiger partial charge in [-0.1, -0.05) is 29.3 Å². The SMILES string of the molecule is NC(=O)C(=NNc1cccc(Cl)c1Cl)C(N)=O. The highest BCUT2D eigenvalue weighted by atomic mass is 35.5. The number of carbonyl (C=O) groups is 2. The van der Waals surface area contributed by atoms with Crippen molar-refractivity contribution in [2.24, 2.45) is 16.6 Å². The molecule has 0 aliphatic rings. The smallest absolute Gasteiger partial charge is 0.274 e. The van der Waals surface area contributed by atoms with Gasteiger partial charge in [0, 0.05) is 0 Å². The number of nitrogens with two attached hydrogens (primary N) is 2. The van der Waals surface area contributed by atoms with Gasteiger partial charge in [-0.25, -0.2) is 0 Å². The number of benzene rings is 1. The van der Waals surface area contributed by atoms with Gasteiger partial charge in [-0.05, 0) is 12.1 Å². The summed E-state index contributed by atoms with van der Waals surface area (Å²) in [6.07, 6.45) is 0. The number of rotatable bonds is 4. The lowest BCUT2D eigenvalue weighted by atomic mass is 10.3. The maximum Gasteiger partial charge on any atom is 0.274 e. The summed E-state index contributed by atoms with van der Waals surface area (Å²) in [6, 6.07) is 4.74. The van der Waals surface area contributed by atoms with E-state index in [0.29, 0.717) is 10.7 Å². The van der Waals surface area contributed by atoms with E-state index < -0.39 is 17.5 Å². The van der Waals surface area contributed by atoms with Gasteiger partial charge >= 0.3 is 0 Å². The zero-order chi connectivity index (χ0) is 13.0. The fraction of sp³-hybridized carbons (Fsp3) is 0. The number of halogens is 2. The molecule has 0 aromatic heterocycles. The summed E-state index contributed by atoms with van der Waals surface area (Å²) in [6.45, 7) is 0. The van der Waals surface area contributed by atoms with E-state index >= 15 is 0 Å². The van der Waals surface area contributed by atoms with Crippen LogP contribution in [0.15, 0.2) is 23.3 Å². The van der Waals surface area contributed by atoms with Crippen molar-refractivity contribution in [1.82, 2.24) is 0 Å². The maximum atomic E-state index is 10.8. The van der Waals surface area contributed by atoms with Crippen LogP contribution in [-0.4, -0.2) is 17.5 Å². The fourth-order valence-corrected chi connectivity index (χ4v) is 1.28. The standard InChI is InChI=1S/C9H8Cl2N4O2/c10-4-2-1-3-5(6(4)11)14-15-7(8(12)16)9(13)17/h1-3,14H,(H2,12,16)(H2,13,17). The number of hydrogen-bond donors (Lipinski definition) is 3. The number of hydrazone groups is 1. The first-order chi connectivity index (χ1) is 7.93. The summed E-state index contributed by atoms with van der Waals surface area (Å²) < 4.78 is 0. The van der Waals surface area contributed by atoms with E-state index in [1.54, 1.807) is 18.2 Å². The van der Waals surface area contributed by atoms with E-state index in [1.807, 2.05) is 0 Å². The van der Waals surface area contributed by atoms with Gasteiger partial charge in [-0.2, -0.15) is 5.10 Å². The summed E-state index contributed by atoms with van der Waals surface area (Å²) in [5.41, 5.74) is 11.9. The van der Waals surface area contributed by atoms with E-state index in [1.165, 1.54) is 0 Å². The maximum absolute atomic E-state index is 10.8. The molecule has 0 aliphatic carbocycles. The lowest BCUT2D eigenvalue weighted by molar-refractivity contribution is -0.115. The van der Waals surface area contributed by atoms with Crippen LogP contribution >= 0.6 is 23.2 Å². The summed E-state index contributed by atoms with van der Waals surface area (Å²) in [4.78, 5) is 21.6. The molecule has 0 saturated carbocycles. The Balaban J connectivity index is 2.99. The minimum absolute atomic E-state index is 0.200. The largest absolute Gasteiger partial charge is 0.364 e. The minimum Gasteiger partial charge on any atom is -0.364 e. The fourth-order valence-electron chi connectivity index (χ4n) is 0.938. The number of hydrogen-bond acceptors (Lipinski definition) is 4. The number of nitrogens with zero attached hydrogens (tertiary/aromatic N) is 1. The van der Waals surface area contributed by atoms with Crippen molar-refractivity contribution < 1.29 is 9.59 Å². The van der Waals surface area contributed by atoms with Crippen molar-refractivity contribution in [2.75, 3.05) is 5.43 Å². The third-order valence-electron chi connectivity index (χ3n) is 1.71. The molecule has 0 unspecified atom stereocenters. The van der Waals surface area contributed by atoms with Crippen LogP contribution in [0.1, 0.15) is 0 Å². The molecule has 8 heteroatoms. The second kappa shape index (κ2) is 5.51. The monoisotopic (exact) mass is 274 g/mol. The molecular weight excluding hydrogens is 267 g/mol. The predicted octanol–water partition coefficient (Wildman–Crippen LogP) is 0.732. The molecule has 0 fully saturated rings. The lowest BCUT2D eigenvalue weighted by Gasteiger charge is -2.05. The highest BCUT2D eigenvalue weighted by molar-refractivity contribution is 6.64. The lowest BCUT2D eigenvalue weighted by Crippen LogP contribution is -2.36. The van der Waals surface area contributed by atoms with E-state index in [-0.39, 0.29) is 5.02 Å². The summed E-state index contributed by atoms with van der Waals surface area (Å²) >= 11 is 11.6. The van der Waals surface area contributed by atoms with Crippen LogP contribution in [0.4, 0.5) is 5.69 Å². The molecule has 0 radical (unpaired) electrons. The molecule has 0 spiro atoms. The van der Waals surface area contributed by atoms with Crippen molar-refractivity contribution in [2.45, 2.75) is 0 Å². The molecule has 1 aromatic rings. The van der Waals surface area contributed by atoms with Crippen molar-refractivity contribution in [3.63, 3.8) is 0 Å². The zero-order valence-corrected chi connectivity index (χ0v) is 9.92. The molecular formula is C9H8Cl2N4O2. The molecule has 1 rings (SSSR count). The normalized spacial score (nSPS) is 9.53. The Morgan fingerprint density at radius 2 is 1.76 bits per heavy atom. The number of nitrogens with one attached hydrogen (secondary N) is 1. The third-order valence-corrected chi connectivity index (χ3v) is 2.53. The van der Waals surface area contributed by atoms with Gasteiger partial charge in [0.25, 0.3) is 11.8 Å². The number of primary amides is 2. The average Bonchev–Trinajstić information content (AvgIpc) is 2.23.